The maximum Gasteiger partial charge on any atom is 0.316 e. The van der Waals surface area contributed by atoms with E-state index in [9.17, 15) is 9.59 Å². The first kappa shape index (κ1) is 16.6. The highest BCUT2D eigenvalue weighted by atomic mass is 35.5. The van der Waals surface area contributed by atoms with Crippen LogP contribution >= 0.6 is 11.6 Å². The Labute approximate surface area is 145 Å². The fourth-order valence-electron chi connectivity index (χ4n) is 2.84. The fourth-order valence-corrected chi connectivity index (χ4v) is 3.07. The van der Waals surface area contributed by atoms with Crippen molar-refractivity contribution in [3.8, 4) is 5.75 Å². The zero-order chi connectivity index (χ0) is 17.1. The van der Waals surface area contributed by atoms with Gasteiger partial charge in [-0.1, -0.05) is 11.6 Å². The highest BCUT2D eigenvalue weighted by molar-refractivity contribution is 6.30. The molecular formula is C18H18ClNO4. The van der Waals surface area contributed by atoms with Crippen LogP contribution in [0.2, 0.25) is 5.02 Å². The predicted octanol–water partition coefficient (Wildman–Crippen LogP) is 3.70. The first-order valence-corrected chi connectivity index (χ1v) is 8.21. The molecule has 1 aromatic heterocycles. The number of benzene rings is 1. The van der Waals surface area contributed by atoms with Gasteiger partial charge in [0.2, 0.25) is 0 Å². The summed E-state index contributed by atoms with van der Waals surface area (Å²) < 4.78 is 10.5. The molecule has 1 fully saturated rings. The van der Waals surface area contributed by atoms with E-state index in [1.807, 2.05) is 6.92 Å². The third kappa shape index (κ3) is 3.62. The number of carbonyl (C=O) groups is 2. The van der Waals surface area contributed by atoms with Crippen molar-refractivity contribution < 1.29 is 18.7 Å². The van der Waals surface area contributed by atoms with E-state index in [0.717, 1.165) is 12.0 Å². The molecule has 2 heterocycles. The van der Waals surface area contributed by atoms with Crippen molar-refractivity contribution >= 4 is 23.5 Å². The van der Waals surface area contributed by atoms with Gasteiger partial charge in [0, 0.05) is 18.1 Å². The Hall–Kier alpha value is -2.27. The molecule has 1 unspecified atom stereocenters. The number of rotatable bonds is 3. The van der Waals surface area contributed by atoms with Gasteiger partial charge in [0.1, 0.15) is 12.0 Å². The zero-order valence-corrected chi connectivity index (χ0v) is 14.1. The number of esters is 1. The van der Waals surface area contributed by atoms with Crippen LogP contribution in [0.5, 0.6) is 5.75 Å². The fraction of sp³-hybridized carbons (Fsp3) is 0.333. The number of furan rings is 1. The summed E-state index contributed by atoms with van der Waals surface area (Å²) >= 11 is 5.91. The number of ether oxygens (including phenoxy) is 1. The van der Waals surface area contributed by atoms with Crippen LogP contribution in [-0.4, -0.2) is 29.9 Å². The van der Waals surface area contributed by atoms with Gasteiger partial charge in [0.25, 0.3) is 5.91 Å². The Morgan fingerprint density at radius 2 is 2.17 bits per heavy atom. The van der Waals surface area contributed by atoms with Gasteiger partial charge in [0.15, 0.2) is 0 Å². The molecule has 0 spiro atoms. The summed E-state index contributed by atoms with van der Waals surface area (Å²) in [6.07, 6.45) is 4.36. The second-order valence-corrected chi connectivity index (χ2v) is 6.37. The van der Waals surface area contributed by atoms with Crippen molar-refractivity contribution in [2.45, 2.75) is 19.8 Å². The normalized spacial score (nSPS) is 17.6. The van der Waals surface area contributed by atoms with E-state index in [2.05, 4.69) is 0 Å². The second kappa shape index (κ2) is 7.09. The number of carbonyl (C=O) groups excluding carboxylic acids is 2. The van der Waals surface area contributed by atoms with Crippen LogP contribution in [0.25, 0.3) is 0 Å². The third-order valence-corrected chi connectivity index (χ3v) is 4.39. The number of hydrogen-bond acceptors (Lipinski definition) is 4. The molecule has 1 amide bonds. The maximum absolute atomic E-state index is 12.4. The largest absolute Gasteiger partial charge is 0.472 e. The molecule has 1 aliphatic rings. The number of nitrogens with zero attached hydrogens (tertiary/aromatic N) is 1. The van der Waals surface area contributed by atoms with Crippen molar-refractivity contribution in [3.63, 3.8) is 0 Å². The number of likely N-dealkylation sites (tertiary alicyclic amines) is 1. The molecule has 24 heavy (non-hydrogen) atoms. The molecule has 0 aliphatic carbocycles. The van der Waals surface area contributed by atoms with E-state index in [0.29, 0.717) is 35.8 Å². The highest BCUT2D eigenvalue weighted by Crippen LogP contribution is 2.25. The SMILES string of the molecule is Cc1cc(Cl)ccc1OC(=O)C1CCCN(C(=O)c2ccoc2)C1. The quantitative estimate of drug-likeness (QED) is 0.627. The molecule has 5 nitrogen and oxygen atoms in total. The molecule has 1 aromatic carbocycles. The van der Waals surface area contributed by atoms with Gasteiger partial charge < -0.3 is 14.1 Å². The summed E-state index contributed by atoms with van der Waals surface area (Å²) in [5, 5.41) is 0.599. The molecule has 0 radical (unpaired) electrons. The summed E-state index contributed by atoms with van der Waals surface area (Å²) in [5.74, 6) is -0.263. The number of piperidine rings is 1. The van der Waals surface area contributed by atoms with Crippen LogP contribution in [0, 0.1) is 12.8 Å². The predicted molar refractivity (Wildman–Crippen MR) is 89.2 cm³/mol. The minimum Gasteiger partial charge on any atom is -0.472 e. The van der Waals surface area contributed by atoms with Gasteiger partial charge in [-0.05, 0) is 49.6 Å². The average molecular weight is 348 g/mol. The monoisotopic (exact) mass is 347 g/mol. The van der Waals surface area contributed by atoms with Crippen LogP contribution in [0.4, 0.5) is 0 Å². The van der Waals surface area contributed by atoms with Crippen LogP contribution in [0.15, 0.2) is 41.2 Å². The summed E-state index contributed by atoms with van der Waals surface area (Å²) in [4.78, 5) is 26.5. The first-order chi connectivity index (χ1) is 11.5. The smallest absolute Gasteiger partial charge is 0.316 e. The number of amides is 1. The molecular weight excluding hydrogens is 330 g/mol. The molecule has 0 saturated carbocycles. The third-order valence-electron chi connectivity index (χ3n) is 4.16. The Balaban J connectivity index is 1.65. The Bertz CT molecular complexity index is 741. The lowest BCUT2D eigenvalue weighted by Crippen LogP contribution is -2.43. The lowest BCUT2D eigenvalue weighted by molar-refractivity contribution is -0.140. The summed E-state index contributed by atoms with van der Waals surface area (Å²) in [5.41, 5.74) is 1.30. The van der Waals surface area contributed by atoms with Crippen molar-refractivity contribution in [2.24, 2.45) is 5.92 Å². The summed E-state index contributed by atoms with van der Waals surface area (Å²) in [6.45, 7) is 2.83. The molecule has 0 N–H and O–H groups in total. The van der Waals surface area contributed by atoms with Gasteiger partial charge in [-0.2, -0.15) is 0 Å². The molecule has 1 aliphatic heterocycles. The molecule has 2 aromatic rings. The first-order valence-electron chi connectivity index (χ1n) is 7.84. The van der Waals surface area contributed by atoms with Crippen molar-refractivity contribution in [2.75, 3.05) is 13.1 Å². The van der Waals surface area contributed by atoms with Gasteiger partial charge in [-0.15, -0.1) is 0 Å². The number of hydrogen-bond donors (Lipinski definition) is 0. The molecule has 3 rings (SSSR count). The average Bonchev–Trinajstić information content (AvgIpc) is 3.11. The van der Waals surface area contributed by atoms with Crippen molar-refractivity contribution in [1.82, 2.24) is 4.90 Å². The van der Waals surface area contributed by atoms with Crippen molar-refractivity contribution in [3.05, 3.63) is 52.9 Å². The van der Waals surface area contributed by atoms with Crippen LogP contribution < -0.4 is 4.74 Å². The molecule has 1 atom stereocenters. The minimum absolute atomic E-state index is 0.121. The second-order valence-electron chi connectivity index (χ2n) is 5.93. The zero-order valence-electron chi connectivity index (χ0n) is 13.3. The van der Waals surface area contributed by atoms with E-state index in [1.165, 1.54) is 12.5 Å². The Morgan fingerprint density at radius 1 is 1.33 bits per heavy atom. The van der Waals surface area contributed by atoms with Crippen LogP contribution in [0.3, 0.4) is 0 Å². The lowest BCUT2D eigenvalue weighted by Gasteiger charge is -2.31. The van der Waals surface area contributed by atoms with Gasteiger partial charge in [-0.3, -0.25) is 9.59 Å². The van der Waals surface area contributed by atoms with Gasteiger partial charge in [-0.25, -0.2) is 0 Å². The van der Waals surface area contributed by atoms with Crippen LogP contribution in [-0.2, 0) is 4.79 Å². The Kier molecular flexibility index (Phi) is 4.90. The van der Waals surface area contributed by atoms with Gasteiger partial charge in [0.05, 0.1) is 17.7 Å². The van der Waals surface area contributed by atoms with Crippen molar-refractivity contribution in [1.29, 1.82) is 0 Å². The minimum atomic E-state index is -0.329. The Morgan fingerprint density at radius 3 is 2.88 bits per heavy atom. The molecule has 126 valence electrons. The summed E-state index contributed by atoms with van der Waals surface area (Å²) in [7, 11) is 0. The molecule has 0 bridgehead atoms. The van der Waals surface area contributed by atoms with E-state index in [1.54, 1.807) is 29.2 Å². The standard InChI is InChI=1S/C18H18ClNO4/c1-12-9-15(19)4-5-16(12)24-18(22)13-3-2-7-20(10-13)17(21)14-6-8-23-11-14/h4-6,8-9,11,13H,2-3,7,10H2,1H3. The summed E-state index contributed by atoms with van der Waals surface area (Å²) in [6, 6.07) is 6.75. The highest BCUT2D eigenvalue weighted by Gasteiger charge is 2.30. The lowest BCUT2D eigenvalue weighted by atomic mass is 9.97. The maximum atomic E-state index is 12.4. The van der Waals surface area contributed by atoms with E-state index in [4.69, 9.17) is 20.8 Å². The van der Waals surface area contributed by atoms with E-state index >= 15 is 0 Å². The number of halogens is 1. The number of aryl methyl sites for hydroxylation is 1. The van der Waals surface area contributed by atoms with E-state index < -0.39 is 0 Å². The van der Waals surface area contributed by atoms with Gasteiger partial charge >= 0.3 is 5.97 Å². The topological polar surface area (TPSA) is 59.8 Å². The van der Waals surface area contributed by atoms with Crippen LogP contribution in [0.1, 0.15) is 28.8 Å². The van der Waals surface area contributed by atoms with E-state index in [-0.39, 0.29) is 17.8 Å². The molecule has 1 saturated heterocycles. The molecule has 6 heteroatoms.